The zero-order valence-electron chi connectivity index (χ0n) is 14.7. The summed E-state index contributed by atoms with van der Waals surface area (Å²) in [6.07, 6.45) is -3.91. The molecule has 0 bridgehead atoms. The number of nitrogens with zero attached hydrogens (tertiary/aromatic N) is 1. The van der Waals surface area contributed by atoms with Crippen LogP contribution in [0.5, 0.6) is 0 Å². The third kappa shape index (κ3) is 5.23. The number of hydrogen-bond donors (Lipinski definition) is 1. The van der Waals surface area contributed by atoms with Gasteiger partial charge in [-0.25, -0.2) is 0 Å². The van der Waals surface area contributed by atoms with Crippen molar-refractivity contribution in [2.24, 2.45) is 0 Å². The Morgan fingerprint density at radius 2 is 1.81 bits per heavy atom. The Bertz CT molecular complexity index is 853. The van der Waals surface area contributed by atoms with E-state index in [0.717, 1.165) is 23.8 Å². The molecule has 2 rings (SSSR count). The SMILES string of the molecule is CCc1ccccc1N(CC(=O)Nc1cc(C(F)(F)F)ccc1Cl)C(C)=O. The summed E-state index contributed by atoms with van der Waals surface area (Å²) in [4.78, 5) is 25.7. The van der Waals surface area contributed by atoms with Gasteiger partial charge in [0.25, 0.3) is 0 Å². The molecule has 0 heterocycles. The first-order chi connectivity index (χ1) is 12.6. The van der Waals surface area contributed by atoms with E-state index in [9.17, 15) is 22.8 Å². The van der Waals surface area contributed by atoms with E-state index in [1.165, 1.54) is 11.8 Å². The monoisotopic (exact) mass is 398 g/mol. The number of para-hydroxylation sites is 1. The molecule has 0 aliphatic heterocycles. The zero-order chi connectivity index (χ0) is 20.2. The maximum absolute atomic E-state index is 12.8. The number of anilines is 2. The Hall–Kier alpha value is -2.54. The van der Waals surface area contributed by atoms with Gasteiger partial charge in [-0.3, -0.25) is 9.59 Å². The lowest BCUT2D eigenvalue weighted by molar-refractivity contribution is -0.137. The van der Waals surface area contributed by atoms with Crippen LogP contribution in [0.25, 0.3) is 0 Å². The highest BCUT2D eigenvalue weighted by Gasteiger charge is 2.31. The lowest BCUT2D eigenvalue weighted by Gasteiger charge is -2.23. The fraction of sp³-hybridized carbons (Fsp3) is 0.263. The van der Waals surface area contributed by atoms with Crippen molar-refractivity contribution in [3.63, 3.8) is 0 Å². The molecule has 8 heteroatoms. The number of nitrogens with one attached hydrogen (secondary N) is 1. The maximum atomic E-state index is 12.8. The molecule has 2 aromatic carbocycles. The highest BCUT2D eigenvalue weighted by atomic mass is 35.5. The molecule has 0 atom stereocenters. The van der Waals surface area contributed by atoms with E-state index in [1.54, 1.807) is 12.1 Å². The summed E-state index contributed by atoms with van der Waals surface area (Å²) in [7, 11) is 0. The summed E-state index contributed by atoms with van der Waals surface area (Å²) in [5.74, 6) is -1.02. The zero-order valence-corrected chi connectivity index (χ0v) is 15.5. The van der Waals surface area contributed by atoms with Gasteiger partial charge >= 0.3 is 6.18 Å². The van der Waals surface area contributed by atoms with Gasteiger partial charge in [-0.15, -0.1) is 0 Å². The van der Waals surface area contributed by atoms with Gasteiger partial charge in [0.1, 0.15) is 6.54 Å². The number of halogens is 4. The lowest BCUT2D eigenvalue weighted by atomic mass is 10.1. The summed E-state index contributed by atoms with van der Waals surface area (Å²) in [6, 6.07) is 9.78. The third-order valence-corrected chi connectivity index (χ3v) is 4.24. The number of carbonyl (C=O) groups is 2. The molecule has 2 aromatic rings. The Balaban J connectivity index is 2.24. The molecule has 0 radical (unpaired) electrons. The van der Waals surface area contributed by atoms with Gasteiger partial charge in [-0.1, -0.05) is 36.7 Å². The van der Waals surface area contributed by atoms with Gasteiger partial charge in [-0.2, -0.15) is 13.2 Å². The average Bonchev–Trinajstić information content (AvgIpc) is 2.60. The van der Waals surface area contributed by atoms with Gasteiger partial charge < -0.3 is 10.2 Å². The first kappa shape index (κ1) is 20.8. The highest BCUT2D eigenvalue weighted by molar-refractivity contribution is 6.33. The Morgan fingerprint density at radius 1 is 1.15 bits per heavy atom. The number of hydrogen-bond acceptors (Lipinski definition) is 2. The fourth-order valence-corrected chi connectivity index (χ4v) is 2.73. The molecule has 0 aliphatic carbocycles. The van der Waals surface area contributed by atoms with Crippen LogP contribution in [0.3, 0.4) is 0 Å². The van der Waals surface area contributed by atoms with E-state index >= 15 is 0 Å². The van der Waals surface area contributed by atoms with Crippen LogP contribution in [-0.4, -0.2) is 18.4 Å². The minimum absolute atomic E-state index is 0.0281. The number of carbonyl (C=O) groups excluding carboxylic acids is 2. The van der Waals surface area contributed by atoms with Crippen LogP contribution < -0.4 is 10.2 Å². The number of rotatable bonds is 5. The van der Waals surface area contributed by atoms with E-state index in [2.05, 4.69) is 5.32 Å². The smallest absolute Gasteiger partial charge is 0.323 e. The molecule has 0 saturated carbocycles. The highest BCUT2D eigenvalue weighted by Crippen LogP contribution is 2.33. The van der Waals surface area contributed by atoms with Crippen molar-refractivity contribution in [2.45, 2.75) is 26.4 Å². The van der Waals surface area contributed by atoms with Crippen molar-refractivity contribution in [1.82, 2.24) is 0 Å². The topological polar surface area (TPSA) is 49.4 Å². The molecule has 0 spiro atoms. The summed E-state index contributed by atoms with van der Waals surface area (Å²) < 4.78 is 38.5. The van der Waals surface area contributed by atoms with Crippen molar-refractivity contribution < 1.29 is 22.8 Å². The summed E-state index contributed by atoms with van der Waals surface area (Å²) in [5.41, 5.74) is 0.362. The summed E-state index contributed by atoms with van der Waals surface area (Å²) in [6.45, 7) is 2.88. The Kier molecular flexibility index (Phi) is 6.49. The molecule has 0 aromatic heterocycles. The Morgan fingerprint density at radius 3 is 2.41 bits per heavy atom. The fourth-order valence-electron chi connectivity index (χ4n) is 2.57. The molecule has 2 amide bonds. The normalized spacial score (nSPS) is 11.2. The molecule has 27 heavy (non-hydrogen) atoms. The third-order valence-electron chi connectivity index (χ3n) is 3.91. The van der Waals surface area contributed by atoms with Crippen LogP contribution in [0.15, 0.2) is 42.5 Å². The molecular formula is C19H18ClF3N2O2. The predicted octanol–water partition coefficient (Wildman–Crippen LogP) is 4.91. The van der Waals surface area contributed by atoms with E-state index in [1.807, 2.05) is 19.1 Å². The van der Waals surface area contributed by atoms with E-state index in [0.29, 0.717) is 12.1 Å². The van der Waals surface area contributed by atoms with E-state index < -0.39 is 17.6 Å². The second kappa shape index (κ2) is 8.43. The van der Waals surface area contributed by atoms with Crippen LogP contribution in [0.2, 0.25) is 5.02 Å². The molecule has 0 saturated heterocycles. The number of benzene rings is 2. The minimum Gasteiger partial charge on any atom is -0.323 e. The second-order valence-electron chi connectivity index (χ2n) is 5.83. The van der Waals surface area contributed by atoms with Gasteiger partial charge in [0.05, 0.1) is 16.3 Å². The quantitative estimate of drug-likeness (QED) is 0.777. The van der Waals surface area contributed by atoms with E-state index in [-0.39, 0.29) is 23.2 Å². The average molecular weight is 399 g/mol. The lowest BCUT2D eigenvalue weighted by Crippen LogP contribution is -2.37. The van der Waals surface area contributed by atoms with Gasteiger partial charge in [0, 0.05) is 12.6 Å². The van der Waals surface area contributed by atoms with Crippen LogP contribution >= 0.6 is 11.6 Å². The molecule has 144 valence electrons. The summed E-state index contributed by atoms with van der Waals surface area (Å²) >= 11 is 5.89. The number of aryl methyl sites for hydroxylation is 1. The molecule has 0 fully saturated rings. The van der Waals surface area contributed by atoms with Crippen molar-refractivity contribution in [3.8, 4) is 0 Å². The first-order valence-electron chi connectivity index (χ1n) is 8.16. The predicted molar refractivity (Wildman–Crippen MR) is 98.9 cm³/mol. The van der Waals surface area contributed by atoms with Crippen molar-refractivity contribution >= 4 is 34.8 Å². The molecule has 1 N–H and O–H groups in total. The standard InChI is InChI=1S/C19H18ClF3N2O2/c1-3-13-6-4-5-7-17(13)25(12(2)26)11-18(27)24-16-10-14(19(21,22)23)8-9-15(16)20/h4-10H,3,11H2,1-2H3,(H,24,27). The largest absolute Gasteiger partial charge is 0.416 e. The molecule has 0 unspecified atom stereocenters. The Labute approximate surface area is 159 Å². The summed E-state index contributed by atoms with van der Waals surface area (Å²) in [5, 5.41) is 2.32. The van der Waals surface area contributed by atoms with Crippen molar-refractivity contribution in [2.75, 3.05) is 16.8 Å². The first-order valence-corrected chi connectivity index (χ1v) is 8.54. The maximum Gasteiger partial charge on any atom is 0.416 e. The molecule has 0 aliphatic rings. The van der Waals surface area contributed by atoms with Crippen molar-refractivity contribution in [1.29, 1.82) is 0 Å². The van der Waals surface area contributed by atoms with Gasteiger partial charge in [0.15, 0.2) is 0 Å². The van der Waals surface area contributed by atoms with Crippen LogP contribution in [-0.2, 0) is 22.2 Å². The number of amides is 2. The van der Waals surface area contributed by atoms with Crippen molar-refractivity contribution in [3.05, 3.63) is 58.6 Å². The minimum atomic E-state index is -4.56. The molecule has 4 nitrogen and oxygen atoms in total. The number of alkyl halides is 3. The van der Waals surface area contributed by atoms with Gasteiger partial charge in [-0.05, 0) is 36.2 Å². The van der Waals surface area contributed by atoms with E-state index in [4.69, 9.17) is 11.6 Å². The molecular weight excluding hydrogens is 381 g/mol. The van der Waals surface area contributed by atoms with Crippen LogP contribution in [0, 0.1) is 0 Å². The van der Waals surface area contributed by atoms with Crippen LogP contribution in [0.1, 0.15) is 25.0 Å². The van der Waals surface area contributed by atoms with Crippen LogP contribution in [0.4, 0.5) is 24.5 Å². The second-order valence-corrected chi connectivity index (χ2v) is 6.24. The van der Waals surface area contributed by atoms with Gasteiger partial charge in [0.2, 0.25) is 11.8 Å².